The topological polar surface area (TPSA) is 64.8 Å². The van der Waals surface area contributed by atoms with Gasteiger partial charge in [0, 0.05) is 19.1 Å². The van der Waals surface area contributed by atoms with Crippen LogP contribution in [-0.2, 0) is 16.1 Å². The van der Waals surface area contributed by atoms with Gasteiger partial charge < -0.3 is 20.1 Å². The first-order chi connectivity index (χ1) is 11.1. The fourth-order valence-electron chi connectivity index (χ4n) is 2.83. The van der Waals surface area contributed by atoms with Gasteiger partial charge in [0.1, 0.15) is 6.61 Å². The van der Waals surface area contributed by atoms with E-state index < -0.39 is 0 Å². The van der Waals surface area contributed by atoms with Crippen molar-refractivity contribution in [1.29, 1.82) is 0 Å². The Morgan fingerprint density at radius 2 is 2.00 bits per heavy atom. The van der Waals surface area contributed by atoms with E-state index in [-0.39, 0.29) is 24.3 Å². The second kappa shape index (κ2) is 8.89. The van der Waals surface area contributed by atoms with Gasteiger partial charge in [-0.05, 0) is 24.8 Å². The van der Waals surface area contributed by atoms with Gasteiger partial charge in [-0.25, -0.2) is 4.79 Å². The first-order valence-electron chi connectivity index (χ1n) is 8.50. The predicted molar refractivity (Wildman–Crippen MR) is 90.0 cm³/mol. The highest BCUT2D eigenvalue weighted by atomic mass is 16.6. The minimum atomic E-state index is -0.301. The largest absolute Gasteiger partial charge is 0.445 e. The van der Waals surface area contributed by atoms with Crippen molar-refractivity contribution >= 4 is 6.09 Å². The van der Waals surface area contributed by atoms with Crippen LogP contribution in [0.5, 0.6) is 0 Å². The molecule has 1 fully saturated rings. The SMILES string of the molecule is CCC(CC)O[C@@H]1CCN(C(=O)OCc2ccccc2)C[C@H]1N. The number of carbonyl (C=O) groups is 1. The number of benzene rings is 1. The number of amides is 1. The first kappa shape index (κ1) is 17.8. The van der Waals surface area contributed by atoms with Crippen LogP contribution in [0.3, 0.4) is 0 Å². The molecule has 0 bridgehead atoms. The van der Waals surface area contributed by atoms with Gasteiger partial charge in [0.2, 0.25) is 0 Å². The molecule has 0 aromatic heterocycles. The minimum absolute atomic E-state index is 0.0260. The lowest BCUT2D eigenvalue weighted by Gasteiger charge is -2.37. The van der Waals surface area contributed by atoms with Crippen LogP contribution in [0, 0.1) is 0 Å². The highest BCUT2D eigenvalue weighted by molar-refractivity contribution is 5.67. The van der Waals surface area contributed by atoms with Gasteiger partial charge in [-0.1, -0.05) is 44.2 Å². The highest BCUT2D eigenvalue weighted by Crippen LogP contribution is 2.18. The van der Waals surface area contributed by atoms with Crippen LogP contribution in [0.15, 0.2) is 30.3 Å². The second-order valence-corrected chi connectivity index (χ2v) is 6.05. The smallest absolute Gasteiger partial charge is 0.410 e. The van der Waals surface area contributed by atoms with E-state index in [2.05, 4.69) is 13.8 Å². The number of nitrogens with zero attached hydrogens (tertiary/aromatic N) is 1. The Balaban J connectivity index is 1.78. The van der Waals surface area contributed by atoms with Crippen LogP contribution in [0.4, 0.5) is 4.79 Å². The van der Waals surface area contributed by atoms with Gasteiger partial charge in [0.25, 0.3) is 0 Å². The Morgan fingerprint density at radius 3 is 2.61 bits per heavy atom. The monoisotopic (exact) mass is 320 g/mol. The third kappa shape index (κ3) is 5.22. The maximum absolute atomic E-state index is 12.2. The number of rotatable bonds is 6. The number of piperidine rings is 1. The lowest BCUT2D eigenvalue weighted by molar-refractivity contribution is -0.0541. The number of nitrogens with two attached hydrogens (primary N) is 1. The summed E-state index contributed by atoms with van der Waals surface area (Å²) in [6.07, 6.45) is 2.72. The van der Waals surface area contributed by atoms with Crippen LogP contribution in [0.1, 0.15) is 38.7 Å². The van der Waals surface area contributed by atoms with Crippen molar-refractivity contribution in [2.24, 2.45) is 5.73 Å². The standard InChI is InChI=1S/C18H28N2O3/c1-3-15(4-2)23-17-10-11-20(12-16(17)19)18(21)22-13-14-8-6-5-7-9-14/h5-9,15-17H,3-4,10-13,19H2,1-2H3/t16-,17-/m1/s1. The molecule has 2 rings (SSSR count). The molecule has 0 aliphatic carbocycles. The minimum Gasteiger partial charge on any atom is -0.445 e. The Labute approximate surface area is 138 Å². The number of likely N-dealkylation sites (tertiary alicyclic amines) is 1. The molecule has 5 nitrogen and oxygen atoms in total. The predicted octanol–water partition coefficient (Wildman–Crippen LogP) is 2.93. The Hall–Kier alpha value is -1.59. The molecular weight excluding hydrogens is 292 g/mol. The Morgan fingerprint density at radius 1 is 1.30 bits per heavy atom. The summed E-state index contributed by atoms with van der Waals surface area (Å²) < 4.78 is 11.4. The number of carbonyl (C=O) groups excluding carboxylic acids is 1. The van der Waals surface area contributed by atoms with Crippen LogP contribution in [-0.4, -0.2) is 42.3 Å². The van der Waals surface area contributed by atoms with E-state index in [4.69, 9.17) is 15.2 Å². The molecule has 5 heteroatoms. The maximum Gasteiger partial charge on any atom is 0.410 e. The Kier molecular flexibility index (Phi) is 6.86. The van der Waals surface area contributed by atoms with Crippen molar-refractivity contribution < 1.29 is 14.3 Å². The van der Waals surface area contributed by atoms with Crippen LogP contribution >= 0.6 is 0 Å². The van der Waals surface area contributed by atoms with Gasteiger partial charge in [-0.3, -0.25) is 0 Å². The summed E-state index contributed by atoms with van der Waals surface area (Å²) in [4.78, 5) is 13.8. The molecule has 1 saturated heterocycles. The first-order valence-corrected chi connectivity index (χ1v) is 8.50. The zero-order valence-electron chi connectivity index (χ0n) is 14.1. The highest BCUT2D eigenvalue weighted by Gasteiger charge is 2.31. The van der Waals surface area contributed by atoms with E-state index in [9.17, 15) is 4.79 Å². The van der Waals surface area contributed by atoms with E-state index in [1.807, 2.05) is 30.3 Å². The molecule has 128 valence electrons. The molecule has 0 radical (unpaired) electrons. The van der Waals surface area contributed by atoms with Crippen LogP contribution < -0.4 is 5.73 Å². The molecule has 1 heterocycles. The molecule has 0 saturated carbocycles. The van der Waals surface area contributed by atoms with Crippen LogP contribution in [0.2, 0.25) is 0 Å². The quantitative estimate of drug-likeness (QED) is 0.875. The normalized spacial score (nSPS) is 21.5. The molecule has 1 aliphatic heterocycles. The van der Waals surface area contributed by atoms with E-state index in [0.717, 1.165) is 24.8 Å². The molecule has 2 N–H and O–H groups in total. The summed E-state index contributed by atoms with van der Waals surface area (Å²) in [5, 5.41) is 0. The average molecular weight is 320 g/mol. The van der Waals surface area contributed by atoms with Gasteiger partial charge in [-0.2, -0.15) is 0 Å². The number of hydrogen-bond donors (Lipinski definition) is 1. The second-order valence-electron chi connectivity index (χ2n) is 6.05. The van der Waals surface area contributed by atoms with E-state index in [0.29, 0.717) is 19.7 Å². The molecule has 23 heavy (non-hydrogen) atoms. The summed E-state index contributed by atoms with van der Waals surface area (Å²) in [6, 6.07) is 9.52. The molecule has 0 unspecified atom stereocenters. The summed E-state index contributed by atoms with van der Waals surface area (Å²) in [6.45, 7) is 5.65. The number of ether oxygens (including phenoxy) is 2. The van der Waals surface area contributed by atoms with Crippen molar-refractivity contribution in [3.8, 4) is 0 Å². The summed E-state index contributed by atoms with van der Waals surface area (Å²) in [7, 11) is 0. The summed E-state index contributed by atoms with van der Waals surface area (Å²) in [5.74, 6) is 0. The fraction of sp³-hybridized carbons (Fsp3) is 0.611. The summed E-state index contributed by atoms with van der Waals surface area (Å²) >= 11 is 0. The molecule has 2 atom stereocenters. The van der Waals surface area contributed by atoms with E-state index >= 15 is 0 Å². The zero-order valence-corrected chi connectivity index (χ0v) is 14.1. The van der Waals surface area contributed by atoms with Crippen molar-refractivity contribution in [3.63, 3.8) is 0 Å². The molecule has 0 spiro atoms. The molecule has 1 aromatic rings. The van der Waals surface area contributed by atoms with Crippen molar-refractivity contribution in [1.82, 2.24) is 4.90 Å². The molecule has 1 aromatic carbocycles. The lowest BCUT2D eigenvalue weighted by Crippen LogP contribution is -2.54. The third-order valence-electron chi connectivity index (χ3n) is 4.33. The number of hydrogen-bond acceptors (Lipinski definition) is 4. The third-order valence-corrected chi connectivity index (χ3v) is 4.33. The van der Waals surface area contributed by atoms with Gasteiger partial charge >= 0.3 is 6.09 Å². The van der Waals surface area contributed by atoms with Crippen molar-refractivity contribution in [3.05, 3.63) is 35.9 Å². The maximum atomic E-state index is 12.2. The van der Waals surface area contributed by atoms with Crippen molar-refractivity contribution in [2.75, 3.05) is 13.1 Å². The molecular formula is C18H28N2O3. The van der Waals surface area contributed by atoms with Crippen molar-refractivity contribution in [2.45, 2.75) is 58.0 Å². The zero-order chi connectivity index (χ0) is 16.7. The molecule has 1 aliphatic rings. The summed E-state index contributed by atoms with van der Waals surface area (Å²) in [5.41, 5.74) is 7.18. The van der Waals surface area contributed by atoms with Crippen LogP contribution in [0.25, 0.3) is 0 Å². The van der Waals surface area contributed by atoms with E-state index in [1.54, 1.807) is 4.90 Å². The van der Waals surface area contributed by atoms with E-state index in [1.165, 1.54) is 0 Å². The fourth-order valence-corrected chi connectivity index (χ4v) is 2.83. The average Bonchev–Trinajstić information content (AvgIpc) is 2.59. The lowest BCUT2D eigenvalue weighted by atomic mass is 10.0. The van der Waals surface area contributed by atoms with Gasteiger partial charge in [-0.15, -0.1) is 0 Å². The van der Waals surface area contributed by atoms with Gasteiger partial charge in [0.15, 0.2) is 0 Å². The Bertz CT molecular complexity index is 476. The van der Waals surface area contributed by atoms with Gasteiger partial charge in [0.05, 0.1) is 12.2 Å². The molecule has 1 amide bonds.